The smallest absolute Gasteiger partial charge is 0.238 e. The number of aryl methyl sites for hydroxylation is 1. The summed E-state index contributed by atoms with van der Waals surface area (Å²) in [6.45, 7) is 2.17. The first-order valence-electron chi connectivity index (χ1n) is 10.7. The van der Waals surface area contributed by atoms with Crippen molar-refractivity contribution in [1.82, 2.24) is 15.0 Å². The Hall–Kier alpha value is -3.81. The average molecular weight is 451 g/mol. The maximum atomic E-state index is 13.8. The lowest BCUT2D eigenvalue weighted by Crippen LogP contribution is -2.34. The number of amides is 1. The van der Waals surface area contributed by atoms with Crippen molar-refractivity contribution < 1.29 is 22.5 Å². The zero-order valence-electron chi connectivity index (χ0n) is 18.1. The molecule has 0 aliphatic rings. The lowest BCUT2D eigenvalue weighted by Gasteiger charge is -2.32. The number of hydrogen-bond donors (Lipinski definition) is 0. The number of furan rings is 1. The summed E-state index contributed by atoms with van der Waals surface area (Å²) in [5, 5.41) is 3.88. The standard InChI is InChI=1S/C25H23F2N3O3/c1-2-21(18-8-10-19(26)11-9-18)30(16-17-5-3-6-20(27)15-17)24(31)13-12-23-28-25(29-33-23)22-7-4-14-32-22/h3-11,14-15,21H,2,12-13,16H2,1H3. The summed E-state index contributed by atoms with van der Waals surface area (Å²) in [5.41, 5.74) is 1.48. The van der Waals surface area contributed by atoms with Gasteiger partial charge in [0.1, 0.15) is 11.6 Å². The van der Waals surface area contributed by atoms with Gasteiger partial charge in [-0.3, -0.25) is 4.79 Å². The van der Waals surface area contributed by atoms with E-state index in [1.807, 2.05) is 6.92 Å². The van der Waals surface area contributed by atoms with Crippen molar-refractivity contribution in [3.8, 4) is 11.6 Å². The molecule has 1 atom stereocenters. The SMILES string of the molecule is CCC(c1ccc(F)cc1)N(Cc1cccc(F)c1)C(=O)CCc1nc(-c2ccco2)no1. The van der Waals surface area contributed by atoms with Gasteiger partial charge in [-0.15, -0.1) is 0 Å². The summed E-state index contributed by atoms with van der Waals surface area (Å²) >= 11 is 0. The Morgan fingerprint density at radius 3 is 2.58 bits per heavy atom. The van der Waals surface area contributed by atoms with Gasteiger partial charge in [0.25, 0.3) is 0 Å². The maximum Gasteiger partial charge on any atom is 0.238 e. The van der Waals surface area contributed by atoms with Crippen LogP contribution in [0.3, 0.4) is 0 Å². The molecule has 170 valence electrons. The fourth-order valence-electron chi connectivity index (χ4n) is 3.74. The van der Waals surface area contributed by atoms with Crippen LogP contribution in [0.5, 0.6) is 0 Å². The van der Waals surface area contributed by atoms with Crippen molar-refractivity contribution in [2.75, 3.05) is 0 Å². The molecule has 6 nitrogen and oxygen atoms in total. The fraction of sp³-hybridized carbons (Fsp3) is 0.240. The molecule has 2 heterocycles. The van der Waals surface area contributed by atoms with Crippen LogP contribution in [0, 0.1) is 11.6 Å². The Labute approximate surface area is 189 Å². The summed E-state index contributed by atoms with van der Waals surface area (Å²) < 4.78 is 37.8. The van der Waals surface area contributed by atoms with E-state index in [9.17, 15) is 13.6 Å². The van der Waals surface area contributed by atoms with Gasteiger partial charge in [0.15, 0.2) is 5.76 Å². The van der Waals surface area contributed by atoms with Crippen molar-refractivity contribution in [2.45, 2.75) is 38.8 Å². The topological polar surface area (TPSA) is 72.4 Å². The molecule has 0 radical (unpaired) electrons. The maximum absolute atomic E-state index is 13.8. The monoisotopic (exact) mass is 451 g/mol. The normalized spacial score (nSPS) is 12.0. The van der Waals surface area contributed by atoms with Gasteiger partial charge in [0, 0.05) is 19.4 Å². The minimum Gasteiger partial charge on any atom is -0.461 e. The Balaban J connectivity index is 1.53. The van der Waals surface area contributed by atoms with E-state index < -0.39 is 0 Å². The van der Waals surface area contributed by atoms with Crippen LogP contribution < -0.4 is 0 Å². The predicted molar refractivity (Wildman–Crippen MR) is 117 cm³/mol. The molecule has 33 heavy (non-hydrogen) atoms. The number of hydrogen-bond acceptors (Lipinski definition) is 5. The van der Waals surface area contributed by atoms with Gasteiger partial charge < -0.3 is 13.8 Å². The number of aromatic nitrogens is 2. The van der Waals surface area contributed by atoms with Gasteiger partial charge in [-0.1, -0.05) is 36.3 Å². The number of carbonyl (C=O) groups excluding carboxylic acids is 1. The largest absolute Gasteiger partial charge is 0.461 e. The second-order valence-corrected chi connectivity index (χ2v) is 7.62. The molecule has 1 unspecified atom stereocenters. The van der Waals surface area contributed by atoms with Crippen molar-refractivity contribution in [1.29, 1.82) is 0 Å². The molecule has 0 fully saturated rings. The van der Waals surface area contributed by atoms with E-state index in [1.165, 1.54) is 30.5 Å². The van der Waals surface area contributed by atoms with Crippen LogP contribution in [-0.2, 0) is 17.8 Å². The van der Waals surface area contributed by atoms with E-state index in [0.29, 0.717) is 29.5 Å². The Bertz CT molecular complexity index is 1190. The summed E-state index contributed by atoms with van der Waals surface area (Å²) in [5.74, 6) is 0.234. The number of carbonyl (C=O) groups is 1. The molecule has 2 aromatic carbocycles. The first-order valence-corrected chi connectivity index (χ1v) is 10.7. The lowest BCUT2D eigenvalue weighted by atomic mass is 10.0. The highest BCUT2D eigenvalue weighted by molar-refractivity contribution is 5.77. The zero-order valence-corrected chi connectivity index (χ0v) is 18.1. The minimum absolute atomic E-state index is 0.118. The molecule has 1 amide bonds. The van der Waals surface area contributed by atoms with Crippen LogP contribution in [-0.4, -0.2) is 20.9 Å². The molecule has 4 aromatic rings. The van der Waals surface area contributed by atoms with Crippen molar-refractivity contribution in [3.05, 3.63) is 95.6 Å². The van der Waals surface area contributed by atoms with E-state index in [1.54, 1.807) is 41.3 Å². The summed E-state index contributed by atoms with van der Waals surface area (Å²) in [6.07, 6.45) is 2.48. The van der Waals surface area contributed by atoms with Gasteiger partial charge in [0.05, 0.1) is 12.3 Å². The summed E-state index contributed by atoms with van der Waals surface area (Å²) in [4.78, 5) is 19.3. The van der Waals surface area contributed by atoms with Gasteiger partial charge in [-0.05, 0) is 53.9 Å². The molecule has 2 aromatic heterocycles. The molecule has 0 saturated carbocycles. The molecule has 0 saturated heterocycles. The van der Waals surface area contributed by atoms with Crippen LogP contribution in [0.25, 0.3) is 11.6 Å². The van der Waals surface area contributed by atoms with E-state index in [-0.39, 0.29) is 43.0 Å². The third-order valence-electron chi connectivity index (χ3n) is 5.34. The van der Waals surface area contributed by atoms with Crippen LogP contribution >= 0.6 is 0 Å². The van der Waals surface area contributed by atoms with Gasteiger partial charge in [-0.2, -0.15) is 4.98 Å². The van der Waals surface area contributed by atoms with E-state index >= 15 is 0 Å². The number of benzene rings is 2. The van der Waals surface area contributed by atoms with Gasteiger partial charge in [-0.25, -0.2) is 8.78 Å². The van der Waals surface area contributed by atoms with E-state index in [4.69, 9.17) is 8.94 Å². The Morgan fingerprint density at radius 1 is 1.06 bits per heavy atom. The van der Waals surface area contributed by atoms with Crippen molar-refractivity contribution in [3.63, 3.8) is 0 Å². The molecule has 0 N–H and O–H groups in total. The second-order valence-electron chi connectivity index (χ2n) is 7.62. The van der Waals surface area contributed by atoms with Crippen LogP contribution in [0.4, 0.5) is 8.78 Å². The highest BCUT2D eigenvalue weighted by Crippen LogP contribution is 2.28. The minimum atomic E-state index is -0.369. The molecular formula is C25H23F2N3O3. The molecule has 4 rings (SSSR count). The first kappa shape index (κ1) is 22.4. The average Bonchev–Trinajstić information content (AvgIpc) is 3.50. The van der Waals surface area contributed by atoms with E-state index in [0.717, 1.165) is 5.56 Å². The number of nitrogens with zero attached hydrogens (tertiary/aromatic N) is 3. The zero-order chi connectivity index (χ0) is 23.2. The van der Waals surface area contributed by atoms with Crippen LogP contribution in [0.1, 0.15) is 42.8 Å². The van der Waals surface area contributed by atoms with Crippen molar-refractivity contribution in [2.24, 2.45) is 0 Å². The summed E-state index contributed by atoms with van der Waals surface area (Å²) in [6, 6.07) is 15.4. The van der Waals surface area contributed by atoms with Crippen molar-refractivity contribution >= 4 is 5.91 Å². The first-order chi connectivity index (χ1) is 16.0. The predicted octanol–water partition coefficient (Wildman–Crippen LogP) is 5.72. The Kier molecular flexibility index (Phi) is 6.92. The van der Waals surface area contributed by atoms with Gasteiger partial charge in [0.2, 0.25) is 17.6 Å². The summed E-state index contributed by atoms with van der Waals surface area (Å²) in [7, 11) is 0. The van der Waals surface area contributed by atoms with Crippen LogP contribution in [0.15, 0.2) is 75.9 Å². The molecule has 0 aliphatic carbocycles. The third-order valence-corrected chi connectivity index (χ3v) is 5.34. The van der Waals surface area contributed by atoms with Gasteiger partial charge >= 0.3 is 0 Å². The molecule has 0 aliphatic heterocycles. The fourth-order valence-corrected chi connectivity index (χ4v) is 3.74. The number of rotatable bonds is 9. The highest BCUT2D eigenvalue weighted by Gasteiger charge is 2.25. The second kappa shape index (κ2) is 10.2. The Morgan fingerprint density at radius 2 is 1.88 bits per heavy atom. The lowest BCUT2D eigenvalue weighted by molar-refractivity contribution is -0.134. The quantitative estimate of drug-likeness (QED) is 0.325. The molecular weight excluding hydrogens is 428 g/mol. The number of halogens is 2. The molecule has 8 heteroatoms. The molecule has 0 bridgehead atoms. The van der Waals surface area contributed by atoms with Crippen LogP contribution in [0.2, 0.25) is 0 Å². The highest BCUT2D eigenvalue weighted by atomic mass is 19.1. The third kappa shape index (κ3) is 5.52. The van der Waals surface area contributed by atoms with E-state index in [2.05, 4.69) is 10.1 Å². The molecule has 0 spiro atoms.